The molecule has 0 spiro atoms. The molecule has 114 valence electrons. The topological polar surface area (TPSA) is 58.1 Å². The molecule has 0 amide bonds. The number of benzene rings is 2. The molecule has 4 heteroatoms. The first-order valence-corrected chi connectivity index (χ1v) is 7.28. The summed E-state index contributed by atoms with van der Waals surface area (Å²) >= 11 is 0. The minimum Gasteiger partial charge on any atom is -0.507 e. The fraction of sp³-hybridized carbons (Fsp3) is 0.278. The molecule has 4 nitrogen and oxygen atoms in total. The van der Waals surface area contributed by atoms with Crippen molar-refractivity contribution >= 4 is 11.0 Å². The minimum atomic E-state index is 0.155. The highest BCUT2D eigenvalue weighted by Crippen LogP contribution is 2.38. The smallest absolute Gasteiger partial charge is 0.146 e. The minimum absolute atomic E-state index is 0.155. The number of hydrogen-bond acceptors (Lipinski definition) is 3. The highest BCUT2D eigenvalue weighted by atomic mass is 16.5. The second-order valence-corrected chi connectivity index (χ2v) is 5.66. The van der Waals surface area contributed by atoms with Crippen LogP contribution in [0.25, 0.3) is 22.4 Å². The van der Waals surface area contributed by atoms with E-state index in [1.54, 1.807) is 19.2 Å². The van der Waals surface area contributed by atoms with Crippen LogP contribution in [0.3, 0.4) is 0 Å². The summed E-state index contributed by atoms with van der Waals surface area (Å²) in [5.74, 6) is 1.38. The van der Waals surface area contributed by atoms with Crippen LogP contribution in [-0.4, -0.2) is 22.2 Å². The SMILES string of the molecule is COc1cccc(O)c1-c1nc2c(C)c(C)c(C)c(C)c2[nH]1. The van der Waals surface area contributed by atoms with Crippen LogP contribution in [0.1, 0.15) is 22.3 Å². The first kappa shape index (κ1) is 14.4. The van der Waals surface area contributed by atoms with Gasteiger partial charge in [-0.25, -0.2) is 4.98 Å². The van der Waals surface area contributed by atoms with Crippen LogP contribution >= 0.6 is 0 Å². The number of methoxy groups -OCH3 is 1. The quantitative estimate of drug-likeness (QED) is 0.746. The molecule has 22 heavy (non-hydrogen) atoms. The lowest BCUT2D eigenvalue weighted by atomic mass is 9.98. The predicted octanol–water partition coefficient (Wildman–Crippen LogP) is 4.18. The maximum absolute atomic E-state index is 10.2. The summed E-state index contributed by atoms with van der Waals surface area (Å²) in [6.45, 7) is 8.41. The number of H-pyrrole nitrogens is 1. The van der Waals surface area contributed by atoms with Gasteiger partial charge in [0, 0.05) is 0 Å². The molecule has 2 N–H and O–H groups in total. The summed E-state index contributed by atoms with van der Waals surface area (Å²) in [6, 6.07) is 5.21. The van der Waals surface area contributed by atoms with Gasteiger partial charge in [0.15, 0.2) is 0 Å². The summed E-state index contributed by atoms with van der Waals surface area (Å²) in [7, 11) is 1.59. The van der Waals surface area contributed by atoms with Crippen LogP contribution < -0.4 is 4.74 Å². The fourth-order valence-electron chi connectivity index (χ4n) is 2.89. The lowest BCUT2D eigenvalue weighted by Gasteiger charge is -2.09. The normalized spacial score (nSPS) is 11.1. The van der Waals surface area contributed by atoms with Crippen LogP contribution in [-0.2, 0) is 0 Å². The molecule has 0 aliphatic heterocycles. The van der Waals surface area contributed by atoms with Crippen LogP contribution in [0.2, 0.25) is 0 Å². The number of aromatic amines is 1. The average Bonchev–Trinajstić information content (AvgIpc) is 2.95. The lowest BCUT2D eigenvalue weighted by molar-refractivity contribution is 0.410. The van der Waals surface area contributed by atoms with Gasteiger partial charge in [-0.1, -0.05) is 6.07 Å². The number of nitrogens with zero attached hydrogens (tertiary/aromatic N) is 1. The molecule has 0 atom stereocenters. The second kappa shape index (κ2) is 5.05. The van der Waals surface area contributed by atoms with Crippen molar-refractivity contribution in [3.05, 3.63) is 40.5 Å². The Labute approximate surface area is 129 Å². The van der Waals surface area contributed by atoms with Crippen molar-refractivity contribution in [1.82, 2.24) is 9.97 Å². The molecule has 3 rings (SSSR count). The Balaban J connectivity index is 2.36. The van der Waals surface area contributed by atoms with E-state index in [2.05, 4.69) is 32.7 Å². The molecule has 0 aliphatic carbocycles. The summed E-state index contributed by atoms with van der Waals surface area (Å²) in [4.78, 5) is 8.07. The second-order valence-electron chi connectivity index (χ2n) is 5.66. The van der Waals surface area contributed by atoms with Gasteiger partial charge in [-0.05, 0) is 62.1 Å². The number of imidazole rings is 1. The number of fused-ring (bicyclic) bond motifs is 1. The third-order valence-electron chi connectivity index (χ3n) is 4.58. The van der Waals surface area contributed by atoms with E-state index in [4.69, 9.17) is 9.72 Å². The highest BCUT2D eigenvalue weighted by Gasteiger charge is 2.18. The lowest BCUT2D eigenvalue weighted by Crippen LogP contribution is -1.92. The van der Waals surface area contributed by atoms with E-state index in [1.165, 1.54) is 16.7 Å². The molecule has 2 aromatic carbocycles. The standard InChI is InChI=1S/C18H20N2O2/c1-9-10(2)12(4)17-16(11(9)3)19-18(20-17)15-13(21)7-6-8-14(15)22-5/h6-8,21H,1-5H3,(H,19,20). The van der Waals surface area contributed by atoms with Gasteiger partial charge in [0.2, 0.25) is 0 Å². The zero-order valence-electron chi connectivity index (χ0n) is 13.5. The van der Waals surface area contributed by atoms with E-state index in [1.807, 2.05) is 6.07 Å². The van der Waals surface area contributed by atoms with Gasteiger partial charge in [0.1, 0.15) is 22.9 Å². The first-order valence-electron chi connectivity index (χ1n) is 7.28. The number of nitrogens with one attached hydrogen (secondary N) is 1. The number of aromatic hydroxyl groups is 1. The predicted molar refractivity (Wildman–Crippen MR) is 88.7 cm³/mol. The third kappa shape index (κ3) is 1.95. The van der Waals surface area contributed by atoms with Crippen LogP contribution in [0.15, 0.2) is 18.2 Å². The Kier molecular flexibility index (Phi) is 3.32. The summed E-state index contributed by atoms with van der Waals surface area (Å²) in [5, 5.41) is 10.2. The largest absolute Gasteiger partial charge is 0.507 e. The van der Waals surface area contributed by atoms with Crippen molar-refractivity contribution in [1.29, 1.82) is 0 Å². The molecule has 1 heterocycles. The van der Waals surface area contributed by atoms with Gasteiger partial charge in [0.05, 0.1) is 18.1 Å². The summed E-state index contributed by atoms with van der Waals surface area (Å²) in [6.07, 6.45) is 0. The maximum Gasteiger partial charge on any atom is 0.146 e. The van der Waals surface area contributed by atoms with Crippen molar-refractivity contribution in [3.63, 3.8) is 0 Å². The Morgan fingerprint density at radius 3 is 2.36 bits per heavy atom. The van der Waals surface area contributed by atoms with E-state index in [-0.39, 0.29) is 5.75 Å². The van der Waals surface area contributed by atoms with Crippen LogP contribution in [0, 0.1) is 27.7 Å². The summed E-state index contributed by atoms with van der Waals surface area (Å²) in [5.41, 5.74) is 7.43. The van der Waals surface area contributed by atoms with Gasteiger partial charge < -0.3 is 14.8 Å². The fourth-order valence-corrected chi connectivity index (χ4v) is 2.89. The molecular weight excluding hydrogens is 276 g/mol. The molecular formula is C18H20N2O2. The Bertz CT molecular complexity index is 834. The highest BCUT2D eigenvalue weighted by molar-refractivity contribution is 5.88. The maximum atomic E-state index is 10.2. The zero-order chi connectivity index (χ0) is 16.0. The van der Waals surface area contributed by atoms with Crippen molar-refractivity contribution in [2.24, 2.45) is 0 Å². The molecule has 0 saturated carbocycles. The first-order chi connectivity index (χ1) is 10.5. The van der Waals surface area contributed by atoms with E-state index in [0.717, 1.165) is 16.6 Å². The van der Waals surface area contributed by atoms with Crippen LogP contribution in [0.5, 0.6) is 11.5 Å². The molecule has 0 saturated heterocycles. The van der Waals surface area contributed by atoms with Crippen molar-refractivity contribution < 1.29 is 9.84 Å². The van der Waals surface area contributed by atoms with E-state index in [9.17, 15) is 5.11 Å². The number of phenols is 1. The van der Waals surface area contributed by atoms with Gasteiger partial charge >= 0.3 is 0 Å². The van der Waals surface area contributed by atoms with E-state index in [0.29, 0.717) is 17.1 Å². The number of hydrogen-bond donors (Lipinski definition) is 2. The summed E-state index contributed by atoms with van der Waals surface area (Å²) < 4.78 is 5.36. The number of rotatable bonds is 2. The number of phenolic OH excluding ortho intramolecular Hbond substituents is 1. The molecule has 3 aromatic rings. The molecule has 1 aromatic heterocycles. The van der Waals surface area contributed by atoms with Crippen molar-refractivity contribution in [2.75, 3.05) is 7.11 Å². The zero-order valence-corrected chi connectivity index (χ0v) is 13.5. The average molecular weight is 296 g/mol. The Morgan fingerprint density at radius 2 is 1.68 bits per heavy atom. The van der Waals surface area contributed by atoms with Gasteiger partial charge in [-0.2, -0.15) is 0 Å². The number of ether oxygens (including phenoxy) is 1. The molecule has 0 unspecified atom stereocenters. The monoisotopic (exact) mass is 296 g/mol. The molecule has 0 aliphatic rings. The van der Waals surface area contributed by atoms with E-state index < -0.39 is 0 Å². The molecule has 0 fully saturated rings. The Morgan fingerprint density at radius 1 is 1.00 bits per heavy atom. The molecule has 0 radical (unpaired) electrons. The third-order valence-corrected chi connectivity index (χ3v) is 4.58. The van der Waals surface area contributed by atoms with Gasteiger partial charge in [-0.15, -0.1) is 0 Å². The van der Waals surface area contributed by atoms with Gasteiger partial charge in [-0.3, -0.25) is 0 Å². The van der Waals surface area contributed by atoms with E-state index >= 15 is 0 Å². The Hall–Kier alpha value is -2.49. The number of aromatic nitrogens is 2. The van der Waals surface area contributed by atoms with Crippen molar-refractivity contribution in [2.45, 2.75) is 27.7 Å². The van der Waals surface area contributed by atoms with Gasteiger partial charge in [0.25, 0.3) is 0 Å². The number of aryl methyl sites for hydroxylation is 2. The van der Waals surface area contributed by atoms with Crippen LogP contribution in [0.4, 0.5) is 0 Å². The molecule has 0 bridgehead atoms. The van der Waals surface area contributed by atoms with Crippen molar-refractivity contribution in [3.8, 4) is 22.9 Å².